The Bertz CT molecular complexity index is 407. The van der Waals surface area contributed by atoms with E-state index in [0.29, 0.717) is 12.6 Å². The monoisotopic (exact) mass is 331 g/mol. The molecule has 0 saturated carbocycles. The van der Waals surface area contributed by atoms with E-state index < -0.39 is 0 Å². The second kappa shape index (κ2) is 9.41. The molecule has 0 radical (unpaired) electrons. The van der Waals surface area contributed by atoms with Gasteiger partial charge in [0.2, 0.25) is 5.91 Å². The van der Waals surface area contributed by atoms with Crippen LogP contribution in [-0.4, -0.2) is 36.5 Å². The molecule has 1 fully saturated rings. The fourth-order valence-electron chi connectivity index (χ4n) is 2.71. The third-order valence-electron chi connectivity index (χ3n) is 3.86. The van der Waals surface area contributed by atoms with Gasteiger partial charge in [0.15, 0.2) is 0 Å². The molecule has 3 N–H and O–H groups in total. The van der Waals surface area contributed by atoms with Gasteiger partial charge in [-0.2, -0.15) is 0 Å². The van der Waals surface area contributed by atoms with Crippen molar-refractivity contribution < 1.29 is 4.79 Å². The van der Waals surface area contributed by atoms with E-state index in [0.717, 1.165) is 25.9 Å². The minimum Gasteiger partial charge on any atom is -0.353 e. The number of likely N-dealkylation sites (tertiary alicyclic amines) is 1. The second-order valence-corrected chi connectivity index (χ2v) is 6.39. The number of hydrogen-bond donors (Lipinski definition) is 2. The maximum Gasteiger partial charge on any atom is 0.236 e. The molecule has 2 heterocycles. The molecule has 0 aromatic carbocycles. The highest BCUT2D eigenvalue weighted by molar-refractivity contribution is 7.10. The number of halogens is 1. The molecule has 0 aliphatic carbocycles. The summed E-state index contributed by atoms with van der Waals surface area (Å²) in [6, 6.07) is 4.16. The second-order valence-electron chi connectivity index (χ2n) is 5.41. The van der Waals surface area contributed by atoms with Crippen LogP contribution in [0.25, 0.3) is 0 Å². The first-order valence-corrected chi connectivity index (χ1v) is 8.41. The maximum absolute atomic E-state index is 12.0. The lowest BCUT2D eigenvalue weighted by molar-refractivity contribution is -0.122. The molecule has 2 unspecified atom stereocenters. The molecular formula is C15H26ClN3OS. The number of amides is 1. The Morgan fingerprint density at radius 2 is 2.19 bits per heavy atom. The Morgan fingerprint density at radius 1 is 1.48 bits per heavy atom. The van der Waals surface area contributed by atoms with Crippen LogP contribution in [0.2, 0.25) is 0 Å². The van der Waals surface area contributed by atoms with E-state index in [2.05, 4.69) is 27.7 Å². The maximum atomic E-state index is 12.0. The molecule has 1 aromatic heterocycles. The molecule has 0 bridgehead atoms. The average Bonchev–Trinajstić information content (AvgIpc) is 3.12. The van der Waals surface area contributed by atoms with Crippen molar-refractivity contribution in [2.24, 2.45) is 5.73 Å². The van der Waals surface area contributed by atoms with Crippen molar-refractivity contribution in [3.8, 4) is 0 Å². The number of thiophene rings is 1. The van der Waals surface area contributed by atoms with Crippen molar-refractivity contribution in [1.82, 2.24) is 10.2 Å². The van der Waals surface area contributed by atoms with Crippen LogP contribution in [-0.2, 0) is 4.79 Å². The molecule has 1 saturated heterocycles. The largest absolute Gasteiger partial charge is 0.353 e. The highest BCUT2D eigenvalue weighted by atomic mass is 35.5. The fraction of sp³-hybridized carbons (Fsp3) is 0.667. The molecule has 0 spiro atoms. The Kier molecular flexibility index (Phi) is 8.26. The molecule has 6 heteroatoms. The number of rotatable bonds is 7. The molecule has 1 aliphatic heterocycles. The zero-order chi connectivity index (χ0) is 14.4. The van der Waals surface area contributed by atoms with E-state index in [1.54, 1.807) is 11.3 Å². The van der Waals surface area contributed by atoms with Gasteiger partial charge in [-0.05, 0) is 43.8 Å². The van der Waals surface area contributed by atoms with Gasteiger partial charge in [0, 0.05) is 11.4 Å². The third-order valence-corrected chi connectivity index (χ3v) is 4.83. The van der Waals surface area contributed by atoms with Crippen LogP contribution in [0.15, 0.2) is 17.5 Å². The fourth-order valence-corrected chi connectivity index (χ4v) is 3.58. The van der Waals surface area contributed by atoms with Crippen LogP contribution in [0.5, 0.6) is 0 Å². The molecule has 1 amide bonds. The number of nitrogens with two attached hydrogens (primary N) is 1. The summed E-state index contributed by atoms with van der Waals surface area (Å²) in [6.07, 6.45) is 4.20. The van der Waals surface area contributed by atoms with Crippen LogP contribution >= 0.6 is 23.7 Å². The van der Waals surface area contributed by atoms with Crippen LogP contribution in [0, 0.1) is 0 Å². The van der Waals surface area contributed by atoms with Gasteiger partial charge in [0.25, 0.3) is 0 Å². The molecule has 120 valence electrons. The van der Waals surface area contributed by atoms with Gasteiger partial charge in [-0.1, -0.05) is 19.4 Å². The third kappa shape index (κ3) is 5.25. The van der Waals surface area contributed by atoms with Crippen LogP contribution in [0.3, 0.4) is 0 Å². The smallest absolute Gasteiger partial charge is 0.236 e. The van der Waals surface area contributed by atoms with Crippen molar-refractivity contribution in [2.45, 2.75) is 44.7 Å². The summed E-state index contributed by atoms with van der Waals surface area (Å²) in [5.41, 5.74) is 5.86. The summed E-state index contributed by atoms with van der Waals surface area (Å²) >= 11 is 1.76. The van der Waals surface area contributed by atoms with Crippen LogP contribution in [0.4, 0.5) is 0 Å². The molecule has 21 heavy (non-hydrogen) atoms. The Balaban J connectivity index is 0.00000220. The van der Waals surface area contributed by atoms with Gasteiger partial charge in [-0.25, -0.2) is 0 Å². The predicted molar refractivity (Wildman–Crippen MR) is 91.0 cm³/mol. The molecular weight excluding hydrogens is 306 g/mol. The van der Waals surface area contributed by atoms with Crippen molar-refractivity contribution in [2.75, 3.05) is 19.6 Å². The SMILES string of the molecule is CCCC(N)C(=O)NCC(c1cccs1)N1CCCC1.Cl. The Labute approximate surface area is 137 Å². The van der Waals surface area contributed by atoms with Gasteiger partial charge < -0.3 is 11.1 Å². The number of carbonyl (C=O) groups is 1. The lowest BCUT2D eigenvalue weighted by Crippen LogP contribution is -2.44. The van der Waals surface area contributed by atoms with Crippen molar-refractivity contribution in [1.29, 1.82) is 0 Å². The summed E-state index contributed by atoms with van der Waals surface area (Å²) < 4.78 is 0. The molecule has 1 aliphatic rings. The normalized spacial score (nSPS) is 18.0. The zero-order valence-corrected chi connectivity index (χ0v) is 14.2. The lowest BCUT2D eigenvalue weighted by atomic mass is 10.1. The number of carbonyl (C=O) groups excluding carboxylic acids is 1. The van der Waals surface area contributed by atoms with Gasteiger partial charge in [0.1, 0.15) is 0 Å². The highest BCUT2D eigenvalue weighted by Gasteiger charge is 2.25. The van der Waals surface area contributed by atoms with Crippen molar-refractivity contribution >= 4 is 29.7 Å². The summed E-state index contributed by atoms with van der Waals surface area (Å²) in [5.74, 6) is -0.0207. The lowest BCUT2D eigenvalue weighted by Gasteiger charge is -2.27. The van der Waals surface area contributed by atoms with E-state index in [-0.39, 0.29) is 24.4 Å². The molecule has 4 nitrogen and oxygen atoms in total. The highest BCUT2D eigenvalue weighted by Crippen LogP contribution is 2.27. The van der Waals surface area contributed by atoms with Crippen LogP contribution in [0.1, 0.15) is 43.5 Å². The zero-order valence-electron chi connectivity index (χ0n) is 12.6. The predicted octanol–water partition coefficient (Wildman–Crippen LogP) is 2.55. The minimum atomic E-state index is -0.373. The van der Waals surface area contributed by atoms with Gasteiger partial charge in [-0.3, -0.25) is 9.69 Å². The summed E-state index contributed by atoms with van der Waals surface area (Å²) in [5, 5.41) is 5.13. The molecule has 2 rings (SSSR count). The molecule has 1 aromatic rings. The first kappa shape index (κ1) is 18.4. The van der Waals surface area contributed by atoms with Crippen LogP contribution < -0.4 is 11.1 Å². The summed E-state index contributed by atoms with van der Waals surface area (Å²) in [6.45, 7) is 4.96. The van der Waals surface area contributed by atoms with E-state index in [1.165, 1.54) is 17.7 Å². The van der Waals surface area contributed by atoms with E-state index in [9.17, 15) is 4.79 Å². The average molecular weight is 332 g/mol. The van der Waals surface area contributed by atoms with Gasteiger partial charge in [-0.15, -0.1) is 23.7 Å². The van der Waals surface area contributed by atoms with E-state index >= 15 is 0 Å². The first-order chi connectivity index (χ1) is 9.72. The van der Waals surface area contributed by atoms with Crippen molar-refractivity contribution in [3.63, 3.8) is 0 Å². The minimum absolute atomic E-state index is 0. The van der Waals surface area contributed by atoms with E-state index in [4.69, 9.17) is 5.73 Å². The number of nitrogens with one attached hydrogen (secondary N) is 1. The van der Waals surface area contributed by atoms with Gasteiger partial charge >= 0.3 is 0 Å². The first-order valence-electron chi connectivity index (χ1n) is 7.53. The number of hydrogen-bond acceptors (Lipinski definition) is 4. The Hall–Kier alpha value is -0.620. The quantitative estimate of drug-likeness (QED) is 0.807. The standard InChI is InChI=1S/C15H25N3OS.ClH/c1-2-6-12(16)15(19)17-11-13(14-7-5-10-20-14)18-8-3-4-9-18;/h5,7,10,12-13H,2-4,6,8-9,11,16H2,1H3,(H,17,19);1H. The summed E-state index contributed by atoms with van der Waals surface area (Å²) in [7, 11) is 0. The molecule has 2 atom stereocenters. The summed E-state index contributed by atoms with van der Waals surface area (Å²) in [4.78, 5) is 15.8. The Morgan fingerprint density at radius 3 is 2.76 bits per heavy atom. The van der Waals surface area contributed by atoms with E-state index in [1.807, 2.05) is 6.92 Å². The van der Waals surface area contributed by atoms with Gasteiger partial charge in [0.05, 0.1) is 12.1 Å². The topological polar surface area (TPSA) is 58.4 Å². The van der Waals surface area contributed by atoms with Crippen molar-refractivity contribution in [3.05, 3.63) is 22.4 Å². The number of nitrogens with zero attached hydrogens (tertiary/aromatic N) is 1.